The zero-order valence-electron chi connectivity index (χ0n) is 20.3. The Morgan fingerprint density at radius 1 is 1.06 bits per heavy atom. The number of nitrogens with zero attached hydrogens (tertiary/aromatic N) is 2. The van der Waals surface area contributed by atoms with Crippen LogP contribution in [-0.4, -0.2) is 60.4 Å². The topological polar surface area (TPSA) is 77.9 Å². The Balaban J connectivity index is 1.65. The molecule has 36 heavy (non-hydrogen) atoms. The van der Waals surface area contributed by atoms with Crippen molar-refractivity contribution in [3.8, 4) is 0 Å². The Labute approximate surface area is 208 Å². The molecule has 1 aliphatic rings. The molecule has 0 aromatic heterocycles. The summed E-state index contributed by atoms with van der Waals surface area (Å²) in [5.74, 6) is -2.33. The molecule has 0 saturated carbocycles. The van der Waals surface area contributed by atoms with Gasteiger partial charge in [0.1, 0.15) is 5.82 Å². The molecule has 2 aromatic rings. The first-order valence-electron chi connectivity index (χ1n) is 11.6. The van der Waals surface area contributed by atoms with Crippen molar-refractivity contribution in [3.63, 3.8) is 0 Å². The molecular weight excluding hydrogens is 500 g/mol. The van der Waals surface area contributed by atoms with Crippen LogP contribution < -0.4 is 0 Å². The van der Waals surface area contributed by atoms with Gasteiger partial charge in [-0.25, -0.2) is 12.8 Å². The van der Waals surface area contributed by atoms with Crippen molar-refractivity contribution in [2.45, 2.75) is 63.2 Å². The van der Waals surface area contributed by atoms with E-state index in [1.54, 1.807) is 26.8 Å². The van der Waals surface area contributed by atoms with Gasteiger partial charge in [-0.05, 0) is 81.1 Å². The second-order valence-corrected chi connectivity index (χ2v) is 11.3. The molecule has 2 aromatic carbocycles. The van der Waals surface area contributed by atoms with Gasteiger partial charge in [-0.3, -0.25) is 4.79 Å². The van der Waals surface area contributed by atoms with Crippen molar-refractivity contribution < 1.29 is 35.9 Å². The van der Waals surface area contributed by atoms with Gasteiger partial charge in [-0.15, -0.1) is 0 Å². The van der Waals surface area contributed by atoms with Gasteiger partial charge >= 0.3 is 12.1 Å². The lowest BCUT2D eigenvalue weighted by Gasteiger charge is -2.43. The Morgan fingerprint density at radius 2 is 1.69 bits per heavy atom. The number of sulfonamides is 1. The lowest BCUT2D eigenvalue weighted by atomic mass is 10.1. The van der Waals surface area contributed by atoms with Gasteiger partial charge in [0.2, 0.25) is 10.0 Å². The van der Waals surface area contributed by atoms with Crippen LogP contribution in [0.1, 0.15) is 42.5 Å². The van der Waals surface area contributed by atoms with Gasteiger partial charge in [-0.2, -0.15) is 17.5 Å². The van der Waals surface area contributed by atoms with E-state index in [4.69, 9.17) is 5.11 Å². The Kier molecular flexibility index (Phi) is 8.47. The molecule has 3 rings (SSSR count). The fourth-order valence-electron chi connectivity index (χ4n) is 4.90. The van der Waals surface area contributed by atoms with Crippen LogP contribution in [0, 0.1) is 12.7 Å². The molecule has 0 aliphatic carbocycles. The van der Waals surface area contributed by atoms with Crippen LogP contribution >= 0.6 is 0 Å². The van der Waals surface area contributed by atoms with Crippen LogP contribution in [0.5, 0.6) is 0 Å². The number of aliphatic carboxylic acids is 1. The summed E-state index contributed by atoms with van der Waals surface area (Å²) in [6.45, 7) is 6.83. The van der Waals surface area contributed by atoms with Crippen LogP contribution in [0.3, 0.4) is 0 Å². The van der Waals surface area contributed by atoms with Crippen molar-refractivity contribution in [1.29, 1.82) is 0 Å². The first-order chi connectivity index (χ1) is 16.7. The predicted octanol–water partition coefficient (Wildman–Crippen LogP) is 4.50. The molecule has 1 fully saturated rings. The molecule has 2 atom stereocenters. The van der Waals surface area contributed by atoms with Crippen molar-refractivity contribution >= 4 is 16.0 Å². The standard InChI is InChI=1S/C25H30F4N2O4S/c1-16-9-20(13-24(32)33)11-21(10-16)36(34,35)31-17(2)14-30(15-18(31)3)8-4-5-19-6-7-22(23(26)12-19)25(27,28)29/h6-7,9-12,17-18H,4-5,8,13-15H2,1-3H3,(H,32,33). The molecular formula is C25H30F4N2O4S. The fraction of sp³-hybridized carbons (Fsp3) is 0.480. The zero-order valence-corrected chi connectivity index (χ0v) is 21.2. The fourth-order valence-corrected chi connectivity index (χ4v) is 6.86. The van der Waals surface area contributed by atoms with Crippen molar-refractivity contribution in [3.05, 3.63) is 64.5 Å². The molecule has 2 unspecified atom stereocenters. The summed E-state index contributed by atoms with van der Waals surface area (Å²) in [4.78, 5) is 13.3. The number of piperazine rings is 1. The van der Waals surface area contributed by atoms with Crippen molar-refractivity contribution in [1.82, 2.24) is 9.21 Å². The van der Waals surface area contributed by atoms with E-state index < -0.39 is 33.5 Å². The highest BCUT2D eigenvalue weighted by Gasteiger charge is 2.38. The van der Waals surface area contributed by atoms with E-state index >= 15 is 0 Å². The second-order valence-electron chi connectivity index (χ2n) is 9.43. The predicted molar refractivity (Wildman–Crippen MR) is 127 cm³/mol. The Hall–Kier alpha value is -2.50. The summed E-state index contributed by atoms with van der Waals surface area (Å²) in [7, 11) is -3.87. The van der Waals surface area contributed by atoms with E-state index in [9.17, 15) is 30.8 Å². The van der Waals surface area contributed by atoms with E-state index in [0.717, 1.165) is 12.1 Å². The third-order valence-corrected chi connectivity index (χ3v) is 8.34. The maximum Gasteiger partial charge on any atom is 0.419 e. The van der Waals surface area contributed by atoms with Crippen LogP contribution in [0.2, 0.25) is 0 Å². The minimum absolute atomic E-state index is 0.0650. The highest BCUT2D eigenvalue weighted by atomic mass is 32.2. The number of hydrogen-bond donors (Lipinski definition) is 1. The van der Waals surface area contributed by atoms with Crippen LogP contribution in [-0.2, 0) is 33.8 Å². The monoisotopic (exact) mass is 530 g/mol. The quantitative estimate of drug-likeness (QED) is 0.509. The summed E-state index contributed by atoms with van der Waals surface area (Å²) in [6.07, 6.45) is -4.03. The molecule has 0 bridgehead atoms. The van der Waals surface area contributed by atoms with E-state index in [0.29, 0.717) is 49.2 Å². The van der Waals surface area contributed by atoms with Crippen LogP contribution in [0.25, 0.3) is 0 Å². The molecule has 6 nitrogen and oxygen atoms in total. The molecule has 0 spiro atoms. The Bertz CT molecular complexity index is 1210. The Morgan fingerprint density at radius 3 is 2.25 bits per heavy atom. The molecule has 198 valence electrons. The van der Waals surface area contributed by atoms with Crippen LogP contribution in [0.4, 0.5) is 17.6 Å². The summed E-state index contributed by atoms with van der Waals surface area (Å²) in [6, 6.07) is 6.84. The number of halogens is 4. The van der Waals surface area contributed by atoms with Gasteiger partial charge in [0.25, 0.3) is 0 Å². The first kappa shape index (κ1) is 28.1. The molecule has 0 radical (unpaired) electrons. The minimum atomic E-state index is -4.73. The number of aryl methyl sites for hydroxylation is 2. The highest BCUT2D eigenvalue weighted by molar-refractivity contribution is 7.89. The largest absolute Gasteiger partial charge is 0.481 e. The number of carbonyl (C=O) groups is 1. The number of carboxylic acid groups (broad SMARTS) is 1. The molecule has 11 heteroatoms. The maximum absolute atomic E-state index is 13.8. The number of carboxylic acids is 1. The minimum Gasteiger partial charge on any atom is -0.481 e. The normalized spacial score (nSPS) is 20.0. The number of hydrogen-bond acceptors (Lipinski definition) is 4. The summed E-state index contributed by atoms with van der Waals surface area (Å²) >= 11 is 0. The average molecular weight is 531 g/mol. The third kappa shape index (κ3) is 6.63. The van der Waals surface area contributed by atoms with E-state index in [2.05, 4.69) is 4.90 Å². The lowest BCUT2D eigenvalue weighted by Crippen LogP contribution is -2.58. The number of benzene rings is 2. The average Bonchev–Trinajstić information content (AvgIpc) is 2.71. The lowest BCUT2D eigenvalue weighted by molar-refractivity contribution is -0.140. The van der Waals surface area contributed by atoms with Gasteiger partial charge in [0, 0.05) is 25.2 Å². The van der Waals surface area contributed by atoms with Crippen LogP contribution in [0.15, 0.2) is 41.3 Å². The molecule has 0 amide bonds. The first-order valence-corrected chi connectivity index (χ1v) is 13.1. The third-order valence-electron chi connectivity index (χ3n) is 6.23. The van der Waals surface area contributed by atoms with E-state index in [1.807, 2.05) is 0 Å². The number of alkyl halides is 3. The molecule has 1 aliphatic heterocycles. The van der Waals surface area contributed by atoms with Gasteiger partial charge < -0.3 is 10.0 Å². The van der Waals surface area contributed by atoms with Gasteiger partial charge in [0.05, 0.1) is 16.9 Å². The van der Waals surface area contributed by atoms with E-state index in [1.165, 1.54) is 22.5 Å². The maximum atomic E-state index is 13.8. The van der Waals surface area contributed by atoms with Crippen molar-refractivity contribution in [2.75, 3.05) is 19.6 Å². The smallest absolute Gasteiger partial charge is 0.419 e. The molecule has 1 heterocycles. The van der Waals surface area contributed by atoms with Crippen molar-refractivity contribution in [2.24, 2.45) is 0 Å². The SMILES string of the molecule is Cc1cc(CC(=O)O)cc(S(=O)(=O)N2C(C)CN(CCCc3ccc(C(F)(F)F)c(F)c3)CC2C)c1. The summed E-state index contributed by atoms with van der Waals surface area (Å²) < 4.78 is 80.5. The molecule has 1 N–H and O–H groups in total. The zero-order chi connectivity index (χ0) is 26.8. The summed E-state index contributed by atoms with van der Waals surface area (Å²) in [5, 5.41) is 9.09. The highest BCUT2D eigenvalue weighted by Crippen LogP contribution is 2.32. The number of rotatable bonds is 8. The second kappa shape index (κ2) is 10.9. The van der Waals surface area contributed by atoms with E-state index in [-0.39, 0.29) is 23.4 Å². The summed E-state index contributed by atoms with van der Waals surface area (Å²) in [5.41, 5.74) is 0.264. The molecule has 1 saturated heterocycles. The van der Waals surface area contributed by atoms with Gasteiger partial charge in [0.15, 0.2) is 0 Å². The van der Waals surface area contributed by atoms with Gasteiger partial charge in [-0.1, -0.05) is 12.1 Å².